The Morgan fingerprint density at radius 1 is 1.24 bits per heavy atom. The number of carbonyl (C=O) groups is 1. The van der Waals surface area contributed by atoms with E-state index in [1.54, 1.807) is 13.0 Å². The van der Waals surface area contributed by atoms with E-state index in [0.29, 0.717) is 18.7 Å². The molecule has 0 spiro atoms. The minimum atomic E-state index is -1.22. The molecule has 0 bridgehead atoms. The summed E-state index contributed by atoms with van der Waals surface area (Å²) < 4.78 is 12.5. The number of nitrogens with zero attached hydrogens (tertiary/aromatic N) is 4. The molecule has 3 atom stereocenters. The monoisotopic (exact) mass is 486 g/mol. The van der Waals surface area contributed by atoms with Crippen LogP contribution < -0.4 is 4.90 Å². The normalized spacial score (nSPS) is 20.4. The second kappa shape index (κ2) is 10.2. The lowest BCUT2D eigenvalue weighted by Gasteiger charge is -2.21. The van der Waals surface area contributed by atoms with Gasteiger partial charge in [-0.05, 0) is 49.8 Å². The predicted octanol–water partition coefficient (Wildman–Crippen LogP) is 3.87. The number of pyridine rings is 1. The number of aliphatic hydroxyl groups is 1. The fraction of sp³-hybridized carbons (Fsp3) is 0.640. The van der Waals surface area contributed by atoms with E-state index in [1.807, 2.05) is 19.1 Å². The number of esters is 1. The first-order chi connectivity index (χ1) is 16.2. The Balaban J connectivity index is 1.53. The average molecular weight is 487 g/mol. The standard InChI is InChI=1S/C25H38N4O4Si/c1-6-20-19(8-9-23(26-20)28-14-17-12-18(17)15-28)24(30)21-13-22(25(31)33-7-2)29(27-21)16-32-10-11-34(3,4)5/h8-9,13,17-18,24,30H,6-7,10-12,14-16H2,1-5H3. The van der Waals surface area contributed by atoms with Crippen LogP contribution in [-0.2, 0) is 22.6 Å². The molecule has 2 fully saturated rings. The van der Waals surface area contributed by atoms with Gasteiger partial charge in [0.1, 0.15) is 24.3 Å². The third-order valence-corrected chi connectivity index (χ3v) is 8.40. The molecule has 3 unspecified atom stereocenters. The Morgan fingerprint density at radius 2 is 1.97 bits per heavy atom. The van der Waals surface area contributed by atoms with Crippen LogP contribution in [0.5, 0.6) is 0 Å². The second-order valence-electron chi connectivity index (χ2n) is 10.6. The fourth-order valence-corrected chi connectivity index (χ4v) is 5.28. The van der Waals surface area contributed by atoms with E-state index in [1.165, 1.54) is 11.1 Å². The van der Waals surface area contributed by atoms with Crippen molar-refractivity contribution >= 4 is 19.9 Å². The van der Waals surface area contributed by atoms with E-state index >= 15 is 0 Å². The van der Waals surface area contributed by atoms with Gasteiger partial charge in [-0.3, -0.25) is 0 Å². The van der Waals surface area contributed by atoms with Crippen molar-refractivity contribution in [1.82, 2.24) is 14.8 Å². The number of fused-ring (bicyclic) bond motifs is 1. The maximum atomic E-state index is 12.5. The van der Waals surface area contributed by atoms with Crippen LogP contribution in [0.25, 0.3) is 0 Å². The lowest BCUT2D eigenvalue weighted by atomic mass is 10.0. The molecule has 1 aliphatic heterocycles. The quantitative estimate of drug-likeness (QED) is 0.293. The van der Waals surface area contributed by atoms with Crippen LogP contribution in [0.15, 0.2) is 18.2 Å². The maximum absolute atomic E-state index is 12.5. The Kier molecular flexibility index (Phi) is 7.44. The zero-order chi connectivity index (χ0) is 24.5. The van der Waals surface area contributed by atoms with Crippen molar-refractivity contribution in [2.24, 2.45) is 11.8 Å². The van der Waals surface area contributed by atoms with Crippen LogP contribution in [0.3, 0.4) is 0 Å². The number of ether oxygens (including phenoxy) is 2. The van der Waals surface area contributed by atoms with Crippen LogP contribution >= 0.6 is 0 Å². The highest BCUT2D eigenvalue weighted by Gasteiger charge is 2.45. The summed E-state index contributed by atoms with van der Waals surface area (Å²) in [6.07, 6.45) is 1.06. The zero-order valence-corrected chi connectivity index (χ0v) is 22.1. The summed E-state index contributed by atoms with van der Waals surface area (Å²) in [5.74, 6) is 2.17. The van der Waals surface area contributed by atoms with Crippen LogP contribution in [0.4, 0.5) is 5.82 Å². The first-order valence-electron chi connectivity index (χ1n) is 12.5. The first-order valence-corrected chi connectivity index (χ1v) is 16.2. The number of hydrogen-bond donors (Lipinski definition) is 1. The van der Waals surface area contributed by atoms with Crippen molar-refractivity contribution in [3.8, 4) is 0 Å². The number of aliphatic hydroxyl groups excluding tert-OH is 1. The summed E-state index contributed by atoms with van der Waals surface area (Å²) in [5.41, 5.74) is 2.24. The van der Waals surface area contributed by atoms with Gasteiger partial charge < -0.3 is 19.5 Å². The van der Waals surface area contributed by atoms with E-state index < -0.39 is 20.1 Å². The maximum Gasteiger partial charge on any atom is 0.356 e. The van der Waals surface area contributed by atoms with Crippen molar-refractivity contribution in [1.29, 1.82) is 0 Å². The molecule has 2 aliphatic rings. The van der Waals surface area contributed by atoms with E-state index in [2.05, 4.69) is 29.6 Å². The van der Waals surface area contributed by atoms with E-state index in [4.69, 9.17) is 14.5 Å². The highest BCUT2D eigenvalue weighted by molar-refractivity contribution is 6.76. The molecule has 186 valence electrons. The lowest BCUT2D eigenvalue weighted by Crippen LogP contribution is -2.23. The van der Waals surface area contributed by atoms with Gasteiger partial charge in [-0.2, -0.15) is 5.10 Å². The number of aryl methyl sites for hydroxylation is 1. The van der Waals surface area contributed by atoms with Crippen molar-refractivity contribution in [3.63, 3.8) is 0 Å². The summed E-state index contributed by atoms with van der Waals surface area (Å²) in [6, 6.07) is 6.56. The van der Waals surface area contributed by atoms with Gasteiger partial charge in [0.2, 0.25) is 0 Å². The molecule has 4 rings (SSSR count). The molecule has 2 aromatic rings. The van der Waals surface area contributed by atoms with Gasteiger partial charge in [-0.15, -0.1) is 0 Å². The molecule has 1 saturated heterocycles. The zero-order valence-electron chi connectivity index (χ0n) is 21.1. The largest absolute Gasteiger partial charge is 0.461 e. The molecule has 3 heterocycles. The first kappa shape index (κ1) is 24.9. The van der Waals surface area contributed by atoms with Gasteiger partial charge in [0.25, 0.3) is 0 Å². The van der Waals surface area contributed by atoms with Crippen molar-refractivity contribution in [3.05, 3.63) is 40.8 Å². The number of piperidine rings is 1. The summed E-state index contributed by atoms with van der Waals surface area (Å²) in [5, 5.41) is 15.7. The van der Waals surface area contributed by atoms with Crippen LogP contribution in [0.1, 0.15) is 53.8 Å². The van der Waals surface area contributed by atoms with Gasteiger partial charge in [0, 0.05) is 39.0 Å². The van der Waals surface area contributed by atoms with Gasteiger partial charge in [-0.25, -0.2) is 14.5 Å². The summed E-state index contributed by atoms with van der Waals surface area (Å²) in [7, 11) is -1.22. The van der Waals surface area contributed by atoms with Gasteiger partial charge in [0.15, 0.2) is 0 Å². The number of anilines is 1. The molecule has 9 heteroatoms. The number of hydrogen-bond acceptors (Lipinski definition) is 7. The number of carbonyl (C=O) groups excluding carboxylic acids is 1. The highest BCUT2D eigenvalue weighted by Crippen LogP contribution is 2.46. The molecule has 1 saturated carbocycles. The summed E-state index contributed by atoms with van der Waals surface area (Å²) in [6.45, 7) is 13.9. The number of aromatic nitrogens is 3. The summed E-state index contributed by atoms with van der Waals surface area (Å²) in [4.78, 5) is 19.8. The van der Waals surface area contributed by atoms with Crippen molar-refractivity contribution < 1.29 is 19.4 Å². The molecular formula is C25H38N4O4Si. The average Bonchev–Trinajstić information content (AvgIpc) is 3.20. The Bertz CT molecular complexity index is 1010. The molecule has 1 aliphatic carbocycles. The second-order valence-corrected chi connectivity index (χ2v) is 16.3. The molecule has 0 aromatic carbocycles. The van der Waals surface area contributed by atoms with Gasteiger partial charge in [-0.1, -0.05) is 32.6 Å². The molecule has 34 heavy (non-hydrogen) atoms. The van der Waals surface area contributed by atoms with Crippen molar-refractivity contribution in [2.75, 3.05) is 31.2 Å². The van der Waals surface area contributed by atoms with E-state index in [9.17, 15) is 9.90 Å². The van der Waals surface area contributed by atoms with Crippen LogP contribution in [0.2, 0.25) is 25.7 Å². The molecule has 1 N–H and O–H groups in total. The van der Waals surface area contributed by atoms with E-state index in [0.717, 1.165) is 48.0 Å². The lowest BCUT2D eigenvalue weighted by molar-refractivity contribution is 0.0454. The number of rotatable bonds is 11. The Morgan fingerprint density at radius 3 is 2.62 bits per heavy atom. The molecule has 0 amide bonds. The molecule has 8 nitrogen and oxygen atoms in total. The smallest absolute Gasteiger partial charge is 0.356 e. The van der Waals surface area contributed by atoms with Crippen LogP contribution in [-0.4, -0.2) is 60.2 Å². The van der Waals surface area contributed by atoms with Gasteiger partial charge >= 0.3 is 5.97 Å². The highest BCUT2D eigenvalue weighted by atomic mass is 28.3. The minimum Gasteiger partial charge on any atom is -0.461 e. The Hall–Kier alpha value is -2.23. The SMILES string of the molecule is CCOC(=O)c1cc(C(O)c2ccc(N3CC4CC4C3)nc2CC)nn1COCC[Si](C)(C)C. The molecule has 0 radical (unpaired) electrons. The van der Waals surface area contributed by atoms with Gasteiger partial charge in [0.05, 0.1) is 12.3 Å². The minimum absolute atomic E-state index is 0.139. The Labute approximate surface area is 203 Å². The predicted molar refractivity (Wildman–Crippen MR) is 134 cm³/mol. The van der Waals surface area contributed by atoms with E-state index in [-0.39, 0.29) is 19.0 Å². The fourth-order valence-electron chi connectivity index (χ4n) is 4.52. The van der Waals surface area contributed by atoms with Crippen molar-refractivity contribution in [2.45, 2.75) is 65.2 Å². The summed E-state index contributed by atoms with van der Waals surface area (Å²) >= 11 is 0. The third-order valence-electron chi connectivity index (χ3n) is 6.70. The van der Waals surface area contributed by atoms with Crippen LogP contribution in [0, 0.1) is 11.8 Å². The third kappa shape index (κ3) is 5.70. The molecule has 2 aromatic heterocycles. The topological polar surface area (TPSA) is 89.7 Å². The molecular weight excluding hydrogens is 448 g/mol.